The second-order valence-electron chi connectivity index (χ2n) is 7.73. The van der Waals surface area contributed by atoms with Crippen LogP contribution in [0.1, 0.15) is 6.92 Å². The molecule has 0 bridgehead atoms. The molecule has 4 rings (SSSR count). The zero-order valence-electron chi connectivity index (χ0n) is 17.7. The van der Waals surface area contributed by atoms with Gasteiger partial charge in [0.2, 0.25) is 21.8 Å². The topological polar surface area (TPSA) is 90.5 Å². The number of nitrogens with zero attached hydrogens (tertiary/aromatic N) is 4. The maximum Gasteiger partial charge on any atom is 0.243 e. The number of thioether (sulfide) groups is 1. The third kappa shape index (κ3) is 4.75. The number of carbonyl (C=O) groups excluding carboxylic acids is 2. The van der Waals surface area contributed by atoms with Gasteiger partial charge < -0.3 is 19.4 Å². The summed E-state index contributed by atoms with van der Waals surface area (Å²) in [5.41, 5.74) is 0.496. The Balaban J connectivity index is 1.55. The summed E-state index contributed by atoms with van der Waals surface area (Å²) in [6.45, 7) is 7.25. The molecule has 9 nitrogen and oxygen atoms in total. The minimum Gasteiger partial charge on any atom is -0.379 e. The Morgan fingerprint density at radius 1 is 1.10 bits per heavy atom. The van der Waals surface area contributed by atoms with Gasteiger partial charge in [0.15, 0.2) is 0 Å². The third-order valence-corrected chi connectivity index (χ3v) is 8.89. The van der Waals surface area contributed by atoms with Gasteiger partial charge in [-0.15, -0.1) is 11.8 Å². The molecule has 3 aliphatic heterocycles. The van der Waals surface area contributed by atoms with Gasteiger partial charge in [-0.05, 0) is 24.7 Å². The average molecular weight is 469 g/mol. The van der Waals surface area contributed by atoms with Gasteiger partial charge in [-0.2, -0.15) is 4.31 Å². The van der Waals surface area contributed by atoms with Gasteiger partial charge in [0.25, 0.3) is 0 Å². The predicted octanol–water partition coefficient (Wildman–Crippen LogP) is 0.310. The number of rotatable bonds is 5. The van der Waals surface area contributed by atoms with E-state index in [9.17, 15) is 18.0 Å². The number of ether oxygens (including phenoxy) is 1. The maximum absolute atomic E-state index is 13.1. The molecule has 2 amide bonds. The van der Waals surface area contributed by atoms with E-state index in [0.29, 0.717) is 45.1 Å². The number of carbonyl (C=O) groups is 2. The lowest BCUT2D eigenvalue weighted by molar-refractivity contribution is -0.132. The highest BCUT2D eigenvalue weighted by Crippen LogP contribution is 2.37. The van der Waals surface area contributed by atoms with Crippen molar-refractivity contribution in [2.45, 2.75) is 16.7 Å². The molecular formula is C20H28N4O5S2. The fourth-order valence-corrected chi connectivity index (χ4v) is 6.35. The van der Waals surface area contributed by atoms with E-state index < -0.39 is 10.0 Å². The third-order valence-electron chi connectivity index (χ3n) is 5.95. The predicted molar refractivity (Wildman–Crippen MR) is 118 cm³/mol. The Morgan fingerprint density at radius 2 is 1.81 bits per heavy atom. The van der Waals surface area contributed by atoms with Crippen LogP contribution in [0.4, 0.5) is 5.69 Å². The van der Waals surface area contributed by atoms with Crippen LogP contribution in [0.25, 0.3) is 0 Å². The Morgan fingerprint density at radius 3 is 2.48 bits per heavy atom. The molecule has 170 valence electrons. The van der Waals surface area contributed by atoms with E-state index in [0.717, 1.165) is 24.5 Å². The minimum absolute atomic E-state index is 0.0699. The van der Waals surface area contributed by atoms with E-state index in [1.165, 1.54) is 27.0 Å². The molecule has 2 saturated heterocycles. The molecule has 0 spiro atoms. The number of benzene rings is 1. The van der Waals surface area contributed by atoms with E-state index in [-0.39, 0.29) is 29.0 Å². The molecule has 1 aromatic rings. The first-order valence-electron chi connectivity index (χ1n) is 10.6. The van der Waals surface area contributed by atoms with Crippen molar-refractivity contribution in [3.8, 4) is 0 Å². The molecule has 11 heteroatoms. The van der Waals surface area contributed by atoms with Gasteiger partial charge in [0, 0.05) is 44.2 Å². The highest BCUT2D eigenvalue weighted by molar-refractivity contribution is 8.00. The number of amides is 2. The molecule has 0 N–H and O–H groups in total. The van der Waals surface area contributed by atoms with Crippen LogP contribution in [0.3, 0.4) is 0 Å². The highest BCUT2D eigenvalue weighted by atomic mass is 32.2. The van der Waals surface area contributed by atoms with Crippen LogP contribution in [0.15, 0.2) is 28.0 Å². The normalized spacial score (nSPS) is 21.3. The standard InChI is InChI=1S/C20H28N4O5S2/c1-2-21-5-7-22(8-6-21)19(25)14-24-17-13-16(3-4-18(17)30-15-20(24)26)31(27,28)23-9-11-29-12-10-23/h3-4,13H,2,5-12,14-15H2,1H3. The van der Waals surface area contributed by atoms with Crippen molar-refractivity contribution in [2.24, 2.45) is 0 Å². The molecule has 1 aromatic carbocycles. The number of sulfonamides is 1. The van der Waals surface area contributed by atoms with Crippen LogP contribution in [0, 0.1) is 0 Å². The van der Waals surface area contributed by atoms with Crippen molar-refractivity contribution in [1.29, 1.82) is 0 Å². The van der Waals surface area contributed by atoms with Crippen molar-refractivity contribution in [3.05, 3.63) is 18.2 Å². The van der Waals surface area contributed by atoms with E-state index in [1.807, 2.05) is 0 Å². The molecule has 3 heterocycles. The molecule has 2 fully saturated rings. The SMILES string of the molecule is CCN1CCN(C(=O)CN2C(=O)CSc3ccc(S(=O)(=O)N4CCOCC4)cc32)CC1. The second-order valence-corrected chi connectivity index (χ2v) is 10.7. The van der Waals surface area contributed by atoms with Gasteiger partial charge in [0.1, 0.15) is 6.54 Å². The number of hydrogen-bond acceptors (Lipinski definition) is 7. The summed E-state index contributed by atoms with van der Waals surface area (Å²) in [5.74, 6) is -0.0539. The van der Waals surface area contributed by atoms with Gasteiger partial charge in [-0.3, -0.25) is 9.59 Å². The van der Waals surface area contributed by atoms with Gasteiger partial charge >= 0.3 is 0 Å². The molecule has 0 saturated carbocycles. The second kappa shape index (κ2) is 9.45. The van der Waals surface area contributed by atoms with Crippen molar-refractivity contribution < 1.29 is 22.7 Å². The zero-order valence-corrected chi connectivity index (χ0v) is 19.3. The Kier molecular flexibility index (Phi) is 6.87. The lowest BCUT2D eigenvalue weighted by Crippen LogP contribution is -2.52. The van der Waals surface area contributed by atoms with Crippen LogP contribution in [0.2, 0.25) is 0 Å². The van der Waals surface area contributed by atoms with E-state index >= 15 is 0 Å². The molecule has 0 aromatic heterocycles. The molecule has 0 aliphatic carbocycles. The van der Waals surface area contributed by atoms with Crippen LogP contribution in [0.5, 0.6) is 0 Å². The number of hydrogen-bond donors (Lipinski definition) is 0. The summed E-state index contributed by atoms with van der Waals surface area (Å²) < 4.78 is 32.8. The van der Waals surface area contributed by atoms with E-state index in [4.69, 9.17) is 4.74 Å². The Hall–Kier alpha value is -1.66. The fourth-order valence-electron chi connectivity index (χ4n) is 4.00. The molecule has 0 unspecified atom stereocenters. The Bertz CT molecular complexity index is 941. The summed E-state index contributed by atoms with van der Waals surface area (Å²) in [6.07, 6.45) is 0. The first-order valence-corrected chi connectivity index (χ1v) is 13.0. The Labute approximate surface area is 187 Å². The van der Waals surface area contributed by atoms with Crippen LogP contribution >= 0.6 is 11.8 Å². The first-order chi connectivity index (χ1) is 14.9. The van der Waals surface area contributed by atoms with Gasteiger partial charge in [0.05, 0.1) is 29.5 Å². The maximum atomic E-state index is 13.1. The quantitative estimate of drug-likeness (QED) is 0.614. The zero-order chi connectivity index (χ0) is 22.0. The lowest BCUT2D eigenvalue weighted by Gasteiger charge is -2.36. The van der Waals surface area contributed by atoms with E-state index in [2.05, 4.69) is 11.8 Å². The molecule has 31 heavy (non-hydrogen) atoms. The van der Waals surface area contributed by atoms with Crippen LogP contribution < -0.4 is 4.90 Å². The summed E-state index contributed by atoms with van der Waals surface area (Å²) in [5, 5.41) is 0. The lowest BCUT2D eigenvalue weighted by atomic mass is 10.2. The molecule has 3 aliphatic rings. The van der Waals surface area contributed by atoms with Crippen LogP contribution in [-0.4, -0.2) is 106 Å². The smallest absolute Gasteiger partial charge is 0.243 e. The highest BCUT2D eigenvalue weighted by Gasteiger charge is 2.32. The summed E-state index contributed by atoms with van der Waals surface area (Å²) in [4.78, 5) is 32.1. The first kappa shape index (κ1) is 22.5. The number of likely N-dealkylation sites (N-methyl/N-ethyl adjacent to an activating group) is 1. The van der Waals surface area contributed by atoms with Gasteiger partial charge in [-0.1, -0.05) is 6.92 Å². The number of anilines is 1. The van der Waals surface area contributed by atoms with Crippen molar-refractivity contribution in [1.82, 2.24) is 14.1 Å². The minimum atomic E-state index is -3.69. The molecule has 0 atom stereocenters. The van der Waals surface area contributed by atoms with Gasteiger partial charge in [-0.25, -0.2) is 8.42 Å². The van der Waals surface area contributed by atoms with Crippen molar-refractivity contribution in [3.63, 3.8) is 0 Å². The fraction of sp³-hybridized carbons (Fsp3) is 0.600. The van der Waals surface area contributed by atoms with E-state index in [1.54, 1.807) is 17.0 Å². The number of piperazine rings is 1. The number of morpholine rings is 1. The molecular weight excluding hydrogens is 440 g/mol. The monoisotopic (exact) mass is 468 g/mol. The summed E-state index contributed by atoms with van der Waals surface area (Å²) >= 11 is 1.37. The van der Waals surface area contributed by atoms with Crippen molar-refractivity contribution >= 4 is 39.3 Å². The summed E-state index contributed by atoms with van der Waals surface area (Å²) in [7, 11) is -3.69. The van der Waals surface area contributed by atoms with Crippen LogP contribution in [-0.2, 0) is 24.3 Å². The number of fused-ring (bicyclic) bond motifs is 1. The largest absolute Gasteiger partial charge is 0.379 e. The molecule has 0 radical (unpaired) electrons. The average Bonchev–Trinajstić information content (AvgIpc) is 2.81. The summed E-state index contributed by atoms with van der Waals surface area (Å²) in [6, 6.07) is 4.85. The van der Waals surface area contributed by atoms with Crippen molar-refractivity contribution in [2.75, 3.05) is 76.2 Å².